The molecule has 6 heteroatoms. The second-order valence-corrected chi connectivity index (χ2v) is 5.05. The van der Waals surface area contributed by atoms with Crippen LogP contribution in [0.4, 0.5) is 13.2 Å². The summed E-state index contributed by atoms with van der Waals surface area (Å²) in [4.78, 5) is 1.31. The Balaban J connectivity index is 2.56. The number of alkyl halides is 3. The Morgan fingerprint density at radius 2 is 2.17 bits per heavy atom. The van der Waals surface area contributed by atoms with Crippen molar-refractivity contribution in [3.8, 4) is 6.07 Å². The molecule has 0 aromatic rings. The van der Waals surface area contributed by atoms with E-state index >= 15 is 0 Å². The van der Waals surface area contributed by atoms with Gasteiger partial charge in [-0.05, 0) is 39.3 Å². The van der Waals surface area contributed by atoms with Crippen LogP contribution >= 0.6 is 0 Å². The molecular formula is C12H20F3N3. The van der Waals surface area contributed by atoms with Crippen molar-refractivity contribution in [2.75, 3.05) is 20.1 Å². The molecule has 0 bridgehead atoms. The van der Waals surface area contributed by atoms with Crippen LogP contribution in [-0.4, -0.2) is 42.8 Å². The Morgan fingerprint density at radius 1 is 1.50 bits per heavy atom. The average molecular weight is 263 g/mol. The molecule has 0 aromatic heterocycles. The molecule has 18 heavy (non-hydrogen) atoms. The predicted octanol–water partition coefficient (Wildman–Crippen LogP) is 2.29. The highest BCUT2D eigenvalue weighted by molar-refractivity contribution is 5.13. The molecule has 104 valence electrons. The molecule has 1 aliphatic rings. The van der Waals surface area contributed by atoms with Gasteiger partial charge >= 0.3 is 6.18 Å². The van der Waals surface area contributed by atoms with Crippen LogP contribution in [0.2, 0.25) is 0 Å². The van der Waals surface area contributed by atoms with E-state index in [2.05, 4.69) is 11.4 Å². The molecule has 2 atom stereocenters. The fourth-order valence-electron chi connectivity index (χ4n) is 2.47. The first-order valence-corrected chi connectivity index (χ1v) is 6.25. The highest BCUT2D eigenvalue weighted by Gasteiger charge is 2.42. The van der Waals surface area contributed by atoms with Gasteiger partial charge in [0, 0.05) is 6.04 Å². The van der Waals surface area contributed by atoms with E-state index in [4.69, 9.17) is 0 Å². The largest absolute Gasteiger partial charge is 0.401 e. The smallest absolute Gasteiger partial charge is 0.299 e. The van der Waals surface area contributed by atoms with Crippen LogP contribution in [0.5, 0.6) is 0 Å². The first kappa shape index (κ1) is 15.3. The van der Waals surface area contributed by atoms with E-state index < -0.39 is 18.3 Å². The van der Waals surface area contributed by atoms with Crippen molar-refractivity contribution < 1.29 is 13.2 Å². The van der Waals surface area contributed by atoms with Crippen molar-refractivity contribution in [1.29, 1.82) is 5.26 Å². The van der Waals surface area contributed by atoms with Crippen LogP contribution in [0.1, 0.15) is 32.6 Å². The normalized spacial score (nSPS) is 28.6. The highest BCUT2D eigenvalue weighted by Crippen LogP contribution is 2.33. The SMILES string of the molecule is CCCNC1(C#N)CCC(N(C)CC(F)(F)F)C1. The molecule has 0 heterocycles. The van der Waals surface area contributed by atoms with Gasteiger partial charge in [-0.25, -0.2) is 0 Å². The standard InChI is InChI=1S/C12H20F3N3/c1-3-6-17-11(8-16)5-4-10(7-11)18(2)9-12(13,14)15/h10,17H,3-7,9H2,1-2H3. The molecule has 1 rings (SSSR count). The van der Waals surface area contributed by atoms with E-state index in [1.165, 1.54) is 11.9 Å². The number of halogens is 3. The van der Waals surface area contributed by atoms with E-state index in [1.54, 1.807) is 0 Å². The summed E-state index contributed by atoms with van der Waals surface area (Å²) in [6, 6.07) is 2.07. The van der Waals surface area contributed by atoms with Gasteiger partial charge in [0.1, 0.15) is 5.54 Å². The van der Waals surface area contributed by atoms with Crippen molar-refractivity contribution in [1.82, 2.24) is 10.2 Å². The third kappa shape index (κ3) is 4.14. The van der Waals surface area contributed by atoms with E-state index in [-0.39, 0.29) is 6.04 Å². The Morgan fingerprint density at radius 3 is 2.67 bits per heavy atom. The molecule has 0 saturated heterocycles. The predicted molar refractivity (Wildman–Crippen MR) is 63.0 cm³/mol. The van der Waals surface area contributed by atoms with Crippen LogP contribution in [-0.2, 0) is 0 Å². The lowest BCUT2D eigenvalue weighted by atomic mass is 9.99. The molecule has 0 amide bonds. The minimum atomic E-state index is -4.18. The summed E-state index contributed by atoms with van der Waals surface area (Å²) in [6.45, 7) is 1.82. The summed E-state index contributed by atoms with van der Waals surface area (Å²) in [5.74, 6) is 0. The molecule has 2 unspecified atom stereocenters. The van der Waals surface area contributed by atoms with Crippen LogP contribution < -0.4 is 5.32 Å². The number of nitriles is 1. The van der Waals surface area contributed by atoms with Gasteiger partial charge in [0.15, 0.2) is 0 Å². The minimum Gasteiger partial charge on any atom is -0.299 e. The molecule has 3 nitrogen and oxygen atoms in total. The molecule has 0 spiro atoms. The number of hydrogen-bond donors (Lipinski definition) is 1. The summed E-state index contributed by atoms with van der Waals surface area (Å²) in [6.07, 6.45) is -1.54. The van der Waals surface area contributed by atoms with Crippen molar-refractivity contribution in [3.05, 3.63) is 0 Å². The number of nitrogens with one attached hydrogen (secondary N) is 1. The number of hydrogen-bond acceptors (Lipinski definition) is 3. The monoisotopic (exact) mass is 263 g/mol. The fourth-order valence-corrected chi connectivity index (χ4v) is 2.47. The molecule has 1 saturated carbocycles. The Bertz CT molecular complexity index is 311. The van der Waals surface area contributed by atoms with Crippen LogP contribution in [0.3, 0.4) is 0 Å². The second-order valence-electron chi connectivity index (χ2n) is 5.05. The highest BCUT2D eigenvalue weighted by atomic mass is 19.4. The summed E-state index contributed by atoms with van der Waals surface area (Å²) in [5, 5.41) is 12.4. The molecular weight excluding hydrogens is 243 g/mol. The van der Waals surface area contributed by atoms with Gasteiger partial charge in [-0.15, -0.1) is 0 Å². The summed E-state index contributed by atoms with van der Waals surface area (Å²) in [7, 11) is 1.48. The van der Waals surface area contributed by atoms with Crippen LogP contribution in [0.15, 0.2) is 0 Å². The minimum absolute atomic E-state index is 0.171. The molecule has 1 N–H and O–H groups in total. The van der Waals surface area contributed by atoms with E-state index in [0.717, 1.165) is 13.0 Å². The maximum atomic E-state index is 12.3. The first-order valence-electron chi connectivity index (χ1n) is 6.25. The number of nitrogens with zero attached hydrogens (tertiary/aromatic N) is 2. The lowest BCUT2D eigenvalue weighted by Crippen LogP contribution is -2.45. The Labute approximate surface area is 106 Å². The van der Waals surface area contributed by atoms with Crippen molar-refractivity contribution in [3.63, 3.8) is 0 Å². The lowest BCUT2D eigenvalue weighted by molar-refractivity contribution is -0.147. The van der Waals surface area contributed by atoms with Gasteiger partial charge in [-0.1, -0.05) is 6.92 Å². The zero-order valence-electron chi connectivity index (χ0n) is 10.8. The summed E-state index contributed by atoms with van der Waals surface area (Å²) in [5.41, 5.74) is -0.638. The van der Waals surface area contributed by atoms with Crippen molar-refractivity contribution in [2.45, 2.75) is 50.4 Å². The van der Waals surface area contributed by atoms with E-state index in [1.807, 2.05) is 6.92 Å². The lowest BCUT2D eigenvalue weighted by Gasteiger charge is -2.27. The second kappa shape index (κ2) is 5.89. The van der Waals surface area contributed by atoms with Gasteiger partial charge in [0.2, 0.25) is 0 Å². The first-order chi connectivity index (χ1) is 8.32. The summed E-state index contributed by atoms with van der Waals surface area (Å²) < 4.78 is 36.9. The zero-order valence-corrected chi connectivity index (χ0v) is 10.8. The molecule has 0 radical (unpaired) electrons. The quantitative estimate of drug-likeness (QED) is 0.827. The maximum absolute atomic E-state index is 12.3. The summed E-state index contributed by atoms with van der Waals surface area (Å²) >= 11 is 0. The van der Waals surface area contributed by atoms with Crippen LogP contribution in [0.25, 0.3) is 0 Å². The van der Waals surface area contributed by atoms with Crippen LogP contribution in [0, 0.1) is 11.3 Å². The fraction of sp³-hybridized carbons (Fsp3) is 0.917. The van der Waals surface area contributed by atoms with E-state index in [9.17, 15) is 18.4 Å². The van der Waals surface area contributed by atoms with Crippen molar-refractivity contribution in [2.24, 2.45) is 0 Å². The third-order valence-corrected chi connectivity index (χ3v) is 3.47. The number of rotatable bonds is 5. The zero-order chi connectivity index (χ0) is 13.8. The maximum Gasteiger partial charge on any atom is 0.401 e. The molecule has 0 aliphatic heterocycles. The molecule has 0 aromatic carbocycles. The molecule has 1 fully saturated rings. The Hall–Kier alpha value is -0.800. The van der Waals surface area contributed by atoms with Crippen molar-refractivity contribution >= 4 is 0 Å². The van der Waals surface area contributed by atoms with Gasteiger partial charge in [0.25, 0.3) is 0 Å². The van der Waals surface area contributed by atoms with Gasteiger partial charge in [-0.2, -0.15) is 18.4 Å². The van der Waals surface area contributed by atoms with Gasteiger partial charge in [-0.3, -0.25) is 10.2 Å². The average Bonchev–Trinajstić information content (AvgIpc) is 2.69. The molecule has 1 aliphatic carbocycles. The van der Waals surface area contributed by atoms with E-state index in [0.29, 0.717) is 19.3 Å². The van der Waals surface area contributed by atoms with Gasteiger partial charge in [0.05, 0.1) is 12.6 Å². The third-order valence-electron chi connectivity index (χ3n) is 3.47. The van der Waals surface area contributed by atoms with Gasteiger partial charge < -0.3 is 0 Å². The topological polar surface area (TPSA) is 39.1 Å². The Kier molecular flexibility index (Phi) is 5.00.